The lowest BCUT2D eigenvalue weighted by molar-refractivity contribution is -0.129. The number of hydrogen-bond acceptors (Lipinski definition) is 6. The molecule has 1 aliphatic rings. The summed E-state index contributed by atoms with van der Waals surface area (Å²) in [4.78, 5) is 29.4. The van der Waals surface area contributed by atoms with E-state index in [9.17, 15) is 14.7 Å². The molecule has 2 heterocycles. The van der Waals surface area contributed by atoms with Gasteiger partial charge in [-0.1, -0.05) is 12.1 Å². The van der Waals surface area contributed by atoms with Crippen LogP contribution in [0.2, 0.25) is 0 Å². The van der Waals surface area contributed by atoms with Gasteiger partial charge in [0.2, 0.25) is 0 Å². The number of ketones is 1. The standard InChI is InChI=1S/C23H26N2O5/c1-24(2)13-5-14-25-21(16-7-9-17(29-3)10-8-16)20(22(27)23(25)28)19(26)12-11-18-6-4-15-30-18/h4,6-12,15,21,27H,5,13-14H2,1-3H3/b12-11+. The van der Waals surface area contributed by atoms with Crippen LogP contribution < -0.4 is 4.74 Å². The molecule has 30 heavy (non-hydrogen) atoms. The van der Waals surface area contributed by atoms with E-state index in [0.29, 0.717) is 24.5 Å². The number of amides is 1. The summed E-state index contributed by atoms with van der Waals surface area (Å²) in [5, 5.41) is 10.6. The molecule has 0 bridgehead atoms. The Hall–Kier alpha value is -3.32. The van der Waals surface area contributed by atoms with E-state index < -0.39 is 23.5 Å². The van der Waals surface area contributed by atoms with E-state index in [-0.39, 0.29) is 5.57 Å². The highest BCUT2D eigenvalue weighted by molar-refractivity contribution is 6.14. The zero-order valence-corrected chi connectivity index (χ0v) is 17.4. The number of methoxy groups -OCH3 is 1. The van der Waals surface area contributed by atoms with Crippen molar-refractivity contribution in [1.82, 2.24) is 9.80 Å². The Kier molecular flexibility index (Phi) is 6.74. The molecule has 7 nitrogen and oxygen atoms in total. The van der Waals surface area contributed by atoms with Gasteiger partial charge in [0.05, 0.1) is 25.0 Å². The molecule has 1 amide bonds. The number of furan rings is 1. The monoisotopic (exact) mass is 410 g/mol. The minimum absolute atomic E-state index is 0.0674. The fourth-order valence-corrected chi connectivity index (χ4v) is 3.46. The number of carbonyl (C=O) groups excluding carboxylic acids is 2. The summed E-state index contributed by atoms with van der Waals surface area (Å²) in [5.74, 6) is -0.301. The quantitative estimate of drug-likeness (QED) is 0.639. The number of nitrogens with zero attached hydrogens (tertiary/aromatic N) is 2. The third-order valence-corrected chi connectivity index (χ3v) is 4.95. The lowest BCUT2D eigenvalue weighted by Crippen LogP contribution is -2.33. The summed E-state index contributed by atoms with van der Waals surface area (Å²) < 4.78 is 10.4. The van der Waals surface area contributed by atoms with Gasteiger partial charge in [0, 0.05) is 6.54 Å². The Morgan fingerprint density at radius 1 is 1.27 bits per heavy atom. The smallest absolute Gasteiger partial charge is 0.290 e. The van der Waals surface area contributed by atoms with E-state index in [1.54, 1.807) is 48.4 Å². The Balaban J connectivity index is 1.93. The van der Waals surface area contributed by atoms with E-state index in [0.717, 1.165) is 12.1 Å². The highest BCUT2D eigenvalue weighted by Gasteiger charge is 2.42. The van der Waals surface area contributed by atoms with E-state index in [1.165, 1.54) is 18.4 Å². The molecule has 1 aromatic carbocycles. The van der Waals surface area contributed by atoms with Crippen molar-refractivity contribution in [3.8, 4) is 5.75 Å². The van der Waals surface area contributed by atoms with Crippen molar-refractivity contribution in [2.75, 3.05) is 34.3 Å². The zero-order valence-electron chi connectivity index (χ0n) is 17.4. The van der Waals surface area contributed by atoms with Crippen LogP contribution in [0.15, 0.2) is 64.5 Å². The maximum atomic E-state index is 13.0. The number of aliphatic hydroxyl groups excluding tert-OH is 1. The van der Waals surface area contributed by atoms with E-state index in [2.05, 4.69) is 0 Å². The van der Waals surface area contributed by atoms with Crippen LogP contribution in [0.25, 0.3) is 6.08 Å². The number of aliphatic hydroxyl groups is 1. The Bertz CT molecular complexity index is 942. The van der Waals surface area contributed by atoms with Crippen LogP contribution in [-0.4, -0.2) is 60.9 Å². The molecule has 7 heteroatoms. The normalized spacial score (nSPS) is 16.9. The van der Waals surface area contributed by atoms with Gasteiger partial charge >= 0.3 is 0 Å². The van der Waals surface area contributed by atoms with Crippen LogP contribution in [0.5, 0.6) is 5.75 Å². The first-order valence-electron chi connectivity index (χ1n) is 9.71. The maximum absolute atomic E-state index is 13.0. The summed E-state index contributed by atoms with van der Waals surface area (Å²) >= 11 is 0. The molecule has 0 saturated carbocycles. The number of hydrogen-bond donors (Lipinski definition) is 1. The molecular weight excluding hydrogens is 384 g/mol. The number of benzene rings is 1. The van der Waals surface area contributed by atoms with Gasteiger partial charge in [-0.3, -0.25) is 9.59 Å². The van der Waals surface area contributed by atoms with Gasteiger partial charge < -0.3 is 24.1 Å². The molecular formula is C23H26N2O5. The first-order chi connectivity index (χ1) is 14.4. The average Bonchev–Trinajstić information content (AvgIpc) is 3.34. The van der Waals surface area contributed by atoms with E-state index >= 15 is 0 Å². The second-order valence-electron chi connectivity index (χ2n) is 7.31. The molecule has 0 spiro atoms. The average molecular weight is 410 g/mol. The van der Waals surface area contributed by atoms with Crippen molar-refractivity contribution in [2.24, 2.45) is 0 Å². The predicted molar refractivity (Wildman–Crippen MR) is 113 cm³/mol. The largest absolute Gasteiger partial charge is 0.503 e. The lowest BCUT2D eigenvalue weighted by atomic mass is 9.95. The fourth-order valence-electron chi connectivity index (χ4n) is 3.46. The summed E-state index contributed by atoms with van der Waals surface area (Å²) in [6.07, 6.45) is 5.05. The number of allylic oxidation sites excluding steroid dienone is 1. The van der Waals surface area contributed by atoms with Gasteiger partial charge in [-0.15, -0.1) is 0 Å². The van der Waals surface area contributed by atoms with Crippen molar-refractivity contribution in [1.29, 1.82) is 0 Å². The lowest BCUT2D eigenvalue weighted by Gasteiger charge is -2.27. The molecule has 158 valence electrons. The summed E-state index contributed by atoms with van der Waals surface area (Å²) in [6.45, 7) is 1.19. The maximum Gasteiger partial charge on any atom is 0.290 e. The summed E-state index contributed by atoms with van der Waals surface area (Å²) in [7, 11) is 5.48. The van der Waals surface area contributed by atoms with Gasteiger partial charge in [-0.2, -0.15) is 0 Å². The van der Waals surface area contributed by atoms with Crippen molar-refractivity contribution in [3.05, 3.63) is 71.4 Å². The highest BCUT2D eigenvalue weighted by Crippen LogP contribution is 2.38. The SMILES string of the molecule is COc1ccc(C2C(C(=O)/C=C/c3ccco3)=C(O)C(=O)N2CCCN(C)C)cc1. The van der Waals surface area contributed by atoms with Gasteiger partial charge in [-0.25, -0.2) is 0 Å². The minimum atomic E-state index is -0.667. The van der Waals surface area contributed by atoms with Gasteiger partial charge in [-0.05, 0) is 69.0 Å². The molecule has 1 N–H and O–H groups in total. The number of carbonyl (C=O) groups is 2. The van der Waals surface area contributed by atoms with E-state index in [1.807, 2.05) is 19.0 Å². The summed E-state index contributed by atoms with van der Waals surface area (Å²) in [5.41, 5.74) is 0.797. The third-order valence-electron chi connectivity index (χ3n) is 4.95. The highest BCUT2D eigenvalue weighted by atomic mass is 16.5. The molecule has 3 rings (SSSR count). The molecule has 1 aliphatic heterocycles. The van der Waals surface area contributed by atoms with E-state index in [4.69, 9.17) is 9.15 Å². The summed E-state index contributed by atoms with van der Waals surface area (Å²) in [6, 6.07) is 9.91. The Morgan fingerprint density at radius 2 is 2.00 bits per heavy atom. The van der Waals surface area contributed by atoms with Crippen LogP contribution in [0, 0.1) is 0 Å². The van der Waals surface area contributed by atoms with Gasteiger partial charge in [0.1, 0.15) is 11.5 Å². The number of rotatable bonds is 9. The van der Waals surface area contributed by atoms with Crippen molar-refractivity contribution in [3.63, 3.8) is 0 Å². The van der Waals surface area contributed by atoms with Crippen molar-refractivity contribution in [2.45, 2.75) is 12.5 Å². The molecule has 0 aliphatic carbocycles. The molecule has 0 saturated heterocycles. The first kappa shape index (κ1) is 21.4. The second kappa shape index (κ2) is 9.45. The first-order valence-corrected chi connectivity index (χ1v) is 9.71. The van der Waals surface area contributed by atoms with Crippen LogP contribution in [0.4, 0.5) is 0 Å². The van der Waals surface area contributed by atoms with Crippen LogP contribution in [0.3, 0.4) is 0 Å². The molecule has 1 aromatic heterocycles. The molecule has 1 atom stereocenters. The number of ether oxygens (including phenoxy) is 1. The molecule has 2 aromatic rings. The van der Waals surface area contributed by atoms with Crippen LogP contribution in [-0.2, 0) is 9.59 Å². The van der Waals surface area contributed by atoms with Gasteiger partial charge in [0.25, 0.3) is 5.91 Å². The third kappa shape index (κ3) is 4.63. The second-order valence-corrected chi connectivity index (χ2v) is 7.31. The van der Waals surface area contributed by atoms with Gasteiger partial charge in [0.15, 0.2) is 11.5 Å². The topological polar surface area (TPSA) is 83.2 Å². The van der Waals surface area contributed by atoms with Crippen molar-refractivity contribution >= 4 is 17.8 Å². The zero-order chi connectivity index (χ0) is 21.7. The molecule has 0 radical (unpaired) electrons. The molecule has 0 fully saturated rings. The van der Waals surface area contributed by atoms with Crippen LogP contribution in [0.1, 0.15) is 23.8 Å². The molecule has 1 unspecified atom stereocenters. The van der Waals surface area contributed by atoms with Crippen molar-refractivity contribution < 1.29 is 23.8 Å². The Morgan fingerprint density at radius 3 is 2.60 bits per heavy atom. The van der Waals surface area contributed by atoms with Crippen LogP contribution >= 0.6 is 0 Å². The predicted octanol–water partition coefficient (Wildman–Crippen LogP) is 3.22. The Labute approximate surface area is 175 Å². The fraction of sp³-hybridized carbons (Fsp3) is 0.304. The minimum Gasteiger partial charge on any atom is -0.503 e.